The van der Waals surface area contributed by atoms with Gasteiger partial charge in [0.25, 0.3) is 5.91 Å². The van der Waals surface area contributed by atoms with Gasteiger partial charge in [0.2, 0.25) is 5.91 Å². The number of carbonyl (C=O) groups excluding carboxylic acids is 2. The summed E-state index contributed by atoms with van der Waals surface area (Å²) < 4.78 is 13.6. The van der Waals surface area contributed by atoms with Crippen molar-refractivity contribution in [1.29, 1.82) is 0 Å². The first-order chi connectivity index (χ1) is 11.6. The lowest BCUT2D eigenvalue weighted by atomic mass is 9.73. The molecule has 1 saturated heterocycles. The number of rotatable bonds is 1. The molecule has 2 amide bonds. The molecule has 0 atom stereocenters. The van der Waals surface area contributed by atoms with Crippen LogP contribution in [0.1, 0.15) is 28.8 Å². The fourth-order valence-electron chi connectivity index (χ4n) is 3.65. The summed E-state index contributed by atoms with van der Waals surface area (Å²) in [4.78, 5) is 30.7. The molecule has 0 unspecified atom stereocenters. The van der Waals surface area contributed by atoms with E-state index in [0.29, 0.717) is 42.7 Å². The van der Waals surface area contributed by atoms with Crippen LogP contribution in [0, 0.1) is 5.82 Å². The Bertz CT molecular complexity index is 820. The summed E-state index contributed by atoms with van der Waals surface area (Å²) in [6.07, 6.45) is 4.14. The highest BCUT2D eigenvalue weighted by molar-refractivity contribution is 6.06. The predicted molar refractivity (Wildman–Crippen MR) is 93.3 cm³/mol. The number of amides is 2. The van der Waals surface area contributed by atoms with Gasteiger partial charge in [-0.1, -0.05) is 0 Å². The molecule has 7 heteroatoms. The highest BCUT2D eigenvalue weighted by Crippen LogP contribution is 2.45. The Balaban J connectivity index is 0.00000182. The van der Waals surface area contributed by atoms with Gasteiger partial charge in [0.15, 0.2) is 0 Å². The standard InChI is InChI=1S/C18H16FN3O2.ClH/c19-13-3-4-15-14(10-13)18(17(24)21-15)5-8-22(9-6-18)16(23)12-2-1-7-20-11-12;/h1-4,7,10-11H,5-6,8-9H2,(H,21,24);1H. The van der Waals surface area contributed by atoms with Crippen LogP contribution in [0.2, 0.25) is 0 Å². The third-order valence-corrected chi connectivity index (χ3v) is 4.99. The number of nitrogens with zero attached hydrogens (tertiary/aromatic N) is 2. The van der Waals surface area contributed by atoms with Crippen LogP contribution in [-0.2, 0) is 10.2 Å². The zero-order valence-corrected chi connectivity index (χ0v) is 14.2. The van der Waals surface area contributed by atoms with E-state index in [9.17, 15) is 14.0 Å². The van der Waals surface area contributed by atoms with Crippen LogP contribution >= 0.6 is 12.4 Å². The average Bonchev–Trinajstić information content (AvgIpc) is 2.88. The van der Waals surface area contributed by atoms with E-state index >= 15 is 0 Å². The molecular weight excluding hydrogens is 345 g/mol. The van der Waals surface area contributed by atoms with Gasteiger partial charge in [-0.05, 0) is 48.7 Å². The Morgan fingerprint density at radius 3 is 2.68 bits per heavy atom. The van der Waals surface area contributed by atoms with Crippen LogP contribution < -0.4 is 5.32 Å². The lowest BCUT2D eigenvalue weighted by molar-refractivity contribution is -0.122. The van der Waals surface area contributed by atoms with Gasteiger partial charge in [0.05, 0.1) is 11.0 Å². The second-order valence-electron chi connectivity index (χ2n) is 6.26. The maximum Gasteiger partial charge on any atom is 0.255 e. The zero-order chi connectivity index (χ0) is 16.7. The minimum Gasteiger partial charge on any atom is -0.339 e. The van der Waals surface area contributed by atoms with Crippen molar-refractivity contribution < 1.29 is 14.0 Å². The van der Waals surface area contributed by atoms with Gasteiger partial charge in [-0.15, -0.1) is 12.4 Å². The molecule has 1 fully saturated rings. The molecule has 0 saturated carbocycles. The maximum atomic E-state index is 13.6. The number of likely N-dealkylation sites (tertiary alicyclic amines) is 1. The number of pyridine rings is 1. The topological polar surface area (TPSA) is 62.3 Å². The van der Waals surface area contributed by atoms with E-state index in [-0.39, 0.29) is 30.0 Å². The number of carbonyl (C=O) groups is 2. The van der Waals surface area contributed by atoms with Gasteiger partial charge in [-0.2, -0.15) is 0 Å². The Kier molecular flexibility index (Phi) is 4.47. The van der Waals surface area contributed by atoms with Gasteiger partial charge in [-0.25, -0.2) is 4.39 Å². The maximum absolute atomic E-state index is 13.6. The molecule has 3 heterocycles. The number of hydrogen-bond donors (Lipinski definition) is 1. The molecule has 2 aliphatic rings. The van der Waals surface area contributed by atoms with E-state index in [4.69, 9.17) is 0 Å². The third kappa shape index (κ3) is 2.76. The molecule has 2 aliphatic heterocycles. The van der Waals surface area contributed by atoms with Crippen LogP contribution in [0.5, 0.6) is 0 Å². The van der Waals surface area contributed by atoms with Gasteiger partial charge in [0, 0.05) is 31.2 Å². The zero-order valence-electron chi connectivity index (χ0n) is 13.4. The van der Waals surface area contributed by atoms with Crippen LogP contribution in [0.25, 0.3) is 0 Å². The normalized spacial score (nSPS) is 17.6. The number of hydrogen-bond acceptors (Lipinski definition) is 3. The molecule has 1 aromatic heterocycles. The Morgan fingerprint density at radius 1 is 1.24 bits per heavy atom. The summed E-state index contributed by atoms with van der Waals surface area (Å²) in [5, 5.41) is 2.84. The second-order valence-corrected chi connectivity index (χ2v) is 6.26. The van der Waals surface area contributed by atoms with Crippen molar-refractivity contribution in [3.63, 3.8) is 0 Å². The van der Waals surface area contributed by atoms with Crippen LogP contribution in [0.4, 0.5) is 10.1 Å². The van der Waals surface area contributed by atoms with E-state index in [1.54, 1.807) is 35.5 Å². The van der Waals surface area contributed by atoms with Crippen molar-refractivity contribution in [2.24, 2.45) is 0 Å². The fourth-order valence-corrected chi connectivity index (χ4v) is 3.65. The third-order valence-electron chi connectivity index (χ3n) is 4.99. The highest BCUT2D eigenvalue weighted by atomic mass is 35.5. The molecule has 1 aromatic carbocycles. The quantitative estimate of drug-likeness (QED) is 0.849. The smallest absolute Gasteiger partial charge is 0.255 e. The summed E-state index contributed by atoms with van der Waals surface area (Å²) in [6.45, 7) is 0.911. The molecule has 130 valence electrons. The Hall–Kier alpha value is -2.47. The Labute approximate surface area is 150 Å². The van der Waals surface area contributed by atoms with Crippen molar-refractivity contribution in [3.05, 3.63) is 59.7 Å². The molecule has 0 aliphatic carbocycles. The number of nitrogens with one attached hydrogen (secondary N) is 1. The van der Waals surface area contributed by atoms with E-state index in [0.717, 1.165) is 0 Å². The average molecular weight is 362 g/mol. The van der Waals surface area contributed by atoms with Crippen LogP contribution in [-0.4, -0.2) is 34.8 Å². The molecule has 5 nitrogen and oxygen atoms in total. The molecule has 1 N–H and O–H groups in total. The van der Waals surface area contributed by atoms with Crippen molar-refractivity contribution >= 4 is 29.9 Å². The first kappa shape index (κ1) is 17.4. The summed E-state index contributed by atoms with van der Waals surface area (Å²) >= 11 is 0. The van der Waals surface area contributed by atoms with Gasteiger partial charge >= 0.3 is 0 Å². The minimum absolute atomic E-state index is 0. The van der Waals surface area contributed by atoms with Gasteiger partial charge < -0.3 is 10.2 Å². The Morgan fingerprint density at radius 2 is 2.00 bits per heavy atom. The molecule has 0 bridgehead atoms. The lowest BCUT2D eigenvalue weighted by Crippen LogP contribution is -2.48. The highest BCUT2D eigenvalue weighted by Gasteiger charge is 2.49. The van der Waals surface area contributed by atoms with E-state index in [2.05, 4.69) is 10.3 Å². The van der Waals surface area contributed by atoms with Gasteiger partial charge in [-0.3, -0.25) is 14.6 Å². The first-order valence-electron chi connectivity index (χ1n) is 7.91. The van der Waals surface area contributed by atoms with E-state index < -0.39 is 5.41 Å². The monoisotopic (exact) mass is 361 g/mol. The first-order valence-corrected chi connectivity index (χ1v) is 7.91. The number of halogens is 2. The summed E-state index contributed by atoms with van der Waals surface area (Å²) in [5.74, 6) is -0.536. The van der Waals surface area contributed by atoms with Crippen molar-refractivity contribution in [3.8, 4) is 0 Å². The fraction of sp³-hybridized carbons (Fsp3) is 0.278. The summed E-state index contributed by atoms with van der Waals surface area (Å²) in [6, 6.07) is 7.84. The molecule has 4 rings (SSSR count). The SMILES string of the molecule is Cl.O=C(c1cccnc1)N1CCC2(CC1)C(=O)Nc1ccc(F)cc12. The largest absolute Gasteiger partial charge is 0.339 e. The number of anilines is 1. The number of aromatic nitrogens is 1. The van der Waals surface area contributed by atoms with Crippen molar-refractivity contribution in [1.82, 2.24) is 9.88 Å². The number of fused-ring (bicyclic) bond motifs is 2. The lowest BCUT2D eigenvalue weighted by Gasteiger charge is -2.38. The number of benzene rings is 1. The van der Waals surface area contributed by atoms with Gasteiger partial charge in [0.1, 0.15) is 5.82 Å². The van der Waals surface area contributed by atoms with E-state index in [1.807, 2.05) is 0 Å². The van der Waals surface area contributed by atoms with Crippen molar-refractivity contribution in [2.75, 3.05) is 18.4 Å². The second kappa shape index (κ2) is 6.44. The van der Waals surface area contributed by atoms with Crippen LogP contribution in [0.3, 0.4) is 0 Å². The molecule has 25 heavy (non-hydrogen) atoms. The molecule has 2 aromatic rings. The molecular formula is C18H17ClFN3O2. The molecule has 1 spiro atoms. The summed E-state index contributed by atoms with van der Waals surface area (Å²) in [5.41, 5.74) is 1.19. The number of piperidine rings is 1. The van der Waals surface area contributed by atoms with Crippen molar-refractivity contribution in [2.45, 2.75) is 18.3 Å². The predicted octanol–water partition coefficient (Wildman–Crippen LogP) is 2.77. The van der Waals surface area contributed by atoms with Crippen LogP contribution in [0.15, 0.2) is 42.7 Å². The van der Waals surface area contributed by atoms with E-state index in [1.165, 1.54) is 12.1 Å². The minimum atomic E-state index is -0.733. The summed E-state index contributed by atoms with van der Waals surface area (Å²) in [7, 11) is 0. The molecule has 0 radical (unpaired) electrons.